The maximum Gasteiger partial charge on any atom is 0.0900 e. The minimum atomic E-state index is -0.465. The minimum Gasteiger partial charge on any atom is -0.389 e. The number of nitriles is 1. The second-order valence-electron chi connectivity index (χ2n) is 4.33. The average molecular weight is 228 g/mol. The van der Waals surface area contributed by atoms with Crippen LogP contribution in [0.4, 0.5) is 0 Å². The van der Waals surface area contributed by atoms with Gasteiger partial charge in [-0.2, -0.15) is 5.26 Å². The van der Waals surface area contributed by atoms with Crippen molar-refractivity contribution in [3.63, 3.8) is 0 Å². The maximum absolute atomic E-state index is 9.65. The van der Waals surface area contributed by atoms with Gasteiger partial charge in [0.1, 0.15) is 0 Å². The van der Waals surface area contributed by atoms with Crippen LogP contribution in [0.5, 0.6) is 0 Å². The van der Waals surface area contributed by atoms with Gasteiger partial charge < -0.3 is 14.7 Å². The van der Waals surface area contributed by atoms with E-state index >= 15 is 0 Å². The molecular weight excluding hydrogens is 204 g/mol. The standard InChI is InChI=1S/C12H24N2O2/c1-4-5-6-16-10-12(15)9-14(3)8-11(2)7-13/h11-12,15H,4-6,8-10H2,1-3H3. The Morgan fingerprint density at radius 2 is 2.12 bits per heavy atom. The lowest BCUT2D eigenvalue weighted by Crippen LogP contribution is -2.34. The first-order chi connectivity index (χ1) is 7.60. The Kier molecular flexibility index (Phi) is 9.21. The molecule has 1 N–H and O–H groups in total. The molecule has 0 aliphatic heterocycles. The largest absolute Gasteiger partial charge is 0.389 e. The molecule has 0 aromatic heterocycles. The summed E-state index contributed by atoms with van der Waals surface area (Å²) in [6.45, 7) is 6.31. The van der Waals surface area contributed by atoms with E-state index in [-0.39, 0.29) is 5.92 Å². The Balaban J connectivity index is 3.54. The summed E-state index contributed by atoms with van der Waals surface area (Å²) in [5, 5.41) is 18.3. The van der Waals surface area contributed by atoms with E-state index < -0.39 is 6.10 Å². The van der Waals surface area contributed by atoms with E-state index in [1.165, 1.54) is 0 Å². The number of ether oxygens (including phenoxy) is 1. The van der Waals surface area contributed by atoms with Crippen molar-refractivity contribution in [2.24, 2.45) is 5.92 Å². The minimum absolute atomic E-state index is 0.00166. The van der Waals surface area contributed by atoms with Crippen LogP contribution in [0.1, 0.15) is 26.7 Å². The number of rotatable bonds is 9. The SMILES string of the molecule is CCCCOCC(O)CN(C)CC(C)C#N. The molecule has 0 heterocycles. The fourth-order valence-electron chi connectivity index (χ4n) is 1.46. The van der Waals surface area contributed by atoms with Gasteiger partial charge in [-0.1, -0.05) is 13.3 Å². The molecule has 2 atom stereocenters. The van der Waals surface area contributed by atoms with Gasteiger partial charge in [0.25, 0.3) is 0 Å². The highest BCUT2D eigenvalue weighted by Gasteiger charge is 2.10. The first-order valence-electron chi connectivity index (χ1n) is 5.94. The summed E-state index contributed by atoms with van der Waals surface area (Å²) in [7, 11) is 1.91. The zero-order valence-electron chi connectivity index (χ0n) is 10.6. The summed E-state index contributed by atoms with van der Waals surface area (Å²) < 4.78 is 5.33. The monoisotopic (exact) mass is 228 g/mol. The Morgan fingerprint density at radius 1 is 1.44 bits per heavy atom. The van der Waals surface area contributed by atoms with Crippen LogP contribution in [0.15, 0.2) is 0 Å². The molecule has 2 unspecified atom stereocenters. The van der Waals surface area contributed by atoms with Gasteiger partial charge in [0.15, 0.2) is 0 Å². The van der Waals surface area contributed by atoms with Crippen LogP contribution < -0.4 is 0 Å². The van der Waals surface area contributed by atoms with E-state index in [1.54, 1.807) is 0 Å². The maximum atomic E-state index is 9.65. The van der Waals surface area contributed by atoms with Crippen LogP contribution in [0.2, 0.25) is 0 Å². The third kappa shape index (κ3) is 8.66. The third-order valence-corrected chi connectivity index (χ3v) is 2.28. The van der Waals surface area contributed by atoms with E-state index in [0.717, 1.165) is 12.8 Å². The quantitative estimate of drug-likeness (QED) is 0.604. The van der Waals surface area contributed by atoms with Gasteiger partial charge in [-0.25, -0.2) is 0 Å². The normalized spacial score (nSPS) is 14.8. The summed E-state index contributed by atoms with van der Waals surface area (Å²) in [5.74, 6) is -0.00166. The fourth-order valence-corrected chi connectivity index (χ4v) is 1.46. The highest BCUT2D eigenvalue weighted by atomic mass is 16.5. The van der Waals surface area contributed by atoms with Crippen molar-refractivity contribution >= 4 is 0 Å². The molecular formula is C12H24N2O2. The third-order valence-electron chi connectivity index (χ3n) is 2.28. The number of aliphatic hydroxyl groups excluding tert-OH is 1. The number of hydrogen-bond acceptors (Lipinski definition) is 4. The van der Waals surface area contributed by atoms with Crippen LogP contribution in [0.25, 0.3) is 0 Å². The molecule has 0 amide bonds. The first-order valence-corrected chi connectivity index (χ1v) is 5.94. The average Bonchev–Trinajstić information content (AvgIpc) is 2.24. The molecule has 4 nitrogen and oxygen atoms in total. The Bertz CT molecular complexity index is 204. The van der Waals surface area contributed by atoms with E-state index in [0.29, 0.717) is 26.3 Å². The molecule has 94 valence electrons. The lowest BCUT2D eigenvalue weighted by molar-refractivity contribution is 0.0190. The van der Waals surface area contributed by atoms with Crippen molar-refractivity contribution < 1.29 is 9.84 Å². The Labute approximate surface area is 98.8 Å². The van der Waals surface area contributed by atoms with Gasteiger partial charge in [-0.05, 0) is 20.4 Å². The lowest BCUT2D eigenvalue weighted by atomic mass is 10.2. The molecule has 0 bridgehead atoms. The van der Waals surface area contributed by atoms with E-state index in [4.69, 9.17) is 10.00 Å². The van der Waals surface area contributed by atoms with Crippen molar-refractivity contribution in [1.82, 2.24) is 4.90 Å². The van der Waals surface area contributed by atoms with E-state index in [2.05, 4.69) is 13.0 Å². The van der Waals surface area contributed by atoms with Gasteiger partial charge >= 0.3 is 0 Å². The number of nitrogens with zero attached hydrogens (tertiary/aromatic N) is 2. The summed E-state index contributed by atoms with van der Waals surface area (Å²) in [5.41, 5.74) is 0. The summed E-state index contributed by atoms with van der Waals surface area (Å²) >= 11 is 0. The summed E-state index contributed by atoms with van der Waals surface area (Å²) in [6, 6.07) is 2.17. The zero-order chi connectivity index (χ0) is 12.4. The number of unbranched alkanes of at least 4 members (excludes halogenated alkanes) is 1. The predicted octanol–water partition coefficient (Wildman–Crippen LogP) is 1.26. The predicted molar refractivity (Wildman–Crippen MR) is 64.0 cm³/mol. The van der Waals surface area contributed by atoms with Gasteiger partial charge in [0.2, 0.25) is 0 Å². The molecule has 0 spiro atoms. The topological polar surface area (TPSA) is 56.5 Å². The second kappa shape index (κ2) is 9.59. The highest BCUT2D eigenvalue weighted by Crippen LogP contribution is 1.98. The van der Waals surface area contributed by atoms with Crippen LogP contribution in [-0.2, 0) is 4.74 Å². The summed E-state index contributed by atoms with van der Waals surface area (Å²) in [6.07, 6.45) is 1.68. The molecule has 0 aromatic rings. The molecule has 0 saturated heterocycles. The molecule has 0 radical (unpaired) electrons. The van der Waals surface area contributed by atoms with Crippen LogP contribution in [0, 0.1) is 17.2 Å². The van der Waals surface area contributed by atoms with Crippen LogP contribution >= 0.6 is 0 Å². The molecule has 0 aliphatic rings. The Hall–Kier alpha value is -0.630. The van der Waals surface area contributed by atoms with Crippen LogP contribution in [-0.4, -0.2) is 49.5 Å². The molecule has 0 aliphatic carbocycles. The van der Waals surface area contributed by atoms with Crippen molar-refractivity contribution in [3.8, 4) is 6.07 Å². The molecule has 0 fully saturated rings. The Morgan fingerprint density at radius 3 is 2.69 bits per heavy atom. The summed E-state index contributed by atoms with van der Waals surface area (Å²) in [4.78, 5) is 1.96. The molecule has 0 rings (SSSR count). The smallest absolute Gasteiger partial charge is 0.0900 e. The van der Waals surface area contributed by atoms with Crippen LogP contribution in [0.3, 0.4) is 0 Å². The molecule has 4 heteroatoms. The van der Waals surface area contributed by atoms with Gasteiger partial charge in [0, 0.05) is 19.7 Å². The molecule has 0 saturated carbocycles. The zero-order valence-corrected chi connectivity index (χ0v) is 10.6. The van der Waals surface area contributed by atoms with Gasteiger partial charge in [-0.15, -0.1) is 0 Å². The lowest BCUT2D eigenvalue weighted by Gasteiger charge is -2.21. The van der Waals surface area contributed by atoms with Crippen molar-refractivity contribution in [2.75, 3.05) is 33.4 Å². The van der Waals surface area contributed by atoms with Crippen molar-refractivity contribution in [2.45, 2.75) is 32.8 Å². The molecule has 16 heavy (non-hydrogen) atoms. The van der Waals surface area contributed by atoms with E-state index in [9.17, 15) is 5.11 Å². The van der Waals surface area contributed by atoms with Gasteiger partial charge in [0.05, 0.1) is 24.7 Å². The van der Waals surface area contributed by atoms with Crippen molar-refractivity contribution in [3.05, 3.63) is 0 Å². The van der Waals surface area contributed by atoms with Gasteiger partial charge in [-0.3, -0.25) is 0 Å². The molecule has 0 aromatic carbocycles. The highest BCUT2D eigenvalue weighted by molar-refractivity contribution is 4.81. The number of likely N-dealkylation sites (N-methyl/N-ethyl adjacent to an activating group) is 1. The number of hydrogen-bond donors (Lipinski definition) is 1. The number of aliphatic hydroxyl groups is 1. The fraction of sp³-hybridized carbons (Fsp3) is 0.917. The van der Waals surface area contributed by atoms with Crippen molar-refractivity contribution in [1.29, 1.82) is 5.26 Å². The first kappa shape index (κ1) is 15.4. The second-order valence-corrected chi connectivity index (χ2v) is 4.33. The van der Waals surface area contributed by atoms with E-state index in [1.807, 2.05) is 18.9 Å².